The van der Waals surface area contributed by atoms with Gasteiger partial charge in [-0.25, -0.2) is 0 Å². The number of halogens is 1. The van der Waals surface area contributed by atoms with Gasteiger partial charge in [0.05, 0.1) is 0 Å². The van der Waals surface area contributed by atoms with Gasteiger partial charge >= 0.3 is 0 Å². The van der Waals surface area contributed by atoms with Gasteiger partial charge in [-0.05, 0) is 42.7 Å². The molecule has 1 aliphatic heterocycles. The van der Waals surface area contributed by atoms with Gasteiger partial charge in [-0.1, -0.05) is 37.1 Å². The average Bonchev–Trinajstić information content (AvgIpc) is 3.23. The number of benzene rings is 2. The van der Waals surface area contributed by atoms with Crippen LogP contribution in [0, 0.1) is 0 Å². The van der Waals surface area contributed by atoms with E-state index in [1.54, 1.807) is 0 Å². The summed E-state index contributed by atoms with van der Waals surface area (Å²) in [6, 6.07) is 16.0. The lowest BCUT2D eigenvalue weighted by Gasteiger charge is -2.32. The van der Waals surface area contributed by atoms with Crippen molar-refractivity contribution in [3.05, 3.63) is 54.1 Å². The Morgan fingerprint density at radius 1 is 1.00 bits per heavy atom. The third-order valence-corrected chi connectivity index (χ3v) is 5.74. The molecule has 0 amide bonds. The summed E-state index contributed by atoms with van der Waals surface area (Å²) in [5.74, 6) is 2.47. The predicted octanol–water partition coefficient (Wildman–Crippen LogP) is 3.72. The topological polar surface area (TPSA) is 60.0 Å². The highest BCUT2D eigenvalue weighted by molar-refractivity contribution is 5.85. The summed E-state index contributed by atoms with van der Waals surface area (Å²) in [5.41, 5.74) is 1.40. The molecule has 29 heavy (non-hydrogen) atoms. The lowest BCUT2D eigenvalue weighted by atomic mass is 9.78. The molecular formula is C23H30ClNO4. The molecule has 0 bridgehead atoms. The van der Waals surface area contributed by atoms with E-state index in [1.807, 2.05) is 36.4 Å². The summed E-state index contributed by atoms with van der Waals surface area (Å²) in [7, 11) is 0. The first kappa shape index (κ1) is 21.8. The third-order valence-electron chi connectivity index (χ3n) is 5.74. The zero-order chi connectivity index (χ0) is 19.2. The van der Waals surface area contributed by atoms with Gasteiger partial charge in [0, 0.05) is 18.5 Å². The standard InChI is InChI=1S/C23H29NO4.ClH/c25-19(16-28-20-6-2-1-3-7-20)15-24-17-23(10-4-5-11-23)18-8-9-21-22(14-18)27-13-12-26-21;/h1-3,6-9,14,19,24-25H,4-5,10-13,15-17H2;1H. The minimum absolute atomic E-state index is 0. The molecule has 0 radical (unpaired) electrons. The van der Waals surface area contributed by atoms with Crippen LogP contribution in [0.4, 0.5) is 0 Å². The van der Waals surface area contributed by atoms with E-state index < -0.39 is 6.10 Å². The summed E-state index contributed by atoms with van der Waals surface area (Å²) < 4.78 is 17.1. The normalized spacial score (nSPS) is 18.0. The third kappa shape index (κ3) is 5.35. The predicted molar refractivity (Wildman–Crippen MR) is 116 cm³/mol. The molecule has 0 spiro atoms. The highest BCUT2D eigenvalue weighted by Gasteiger charge is 2.36. The van der Waals surface area contributed by atoms with Crippen LogP contribution in [0.3, 0.4) is 0 Å². The molecule has 6 heteroatoms. The van der Waals surface area contributed by atoms with Crippen molar-refractivity contribution in [2.45, 2.75) is 37.2 Å². The molecule has 1 fully saturated rings. The maximum Gasteiger partial charge on any atom is 0.161 e. The largest absolute Gasteiger partial charge is 0.491 e. The lowest BCUT2D eigenvalue weighted by molar-refractivity contribution is 0.105. The summed E-state index contributed by atoms with van der Waals surface area (Å²) in [6.07, 6.45) is 4.22. The van der Waals surface area contributed by atoms with Gasteiger partial charge < -0.3 is 24.6 Å². The number of nitrogens with one attached hydrogen (secondary N) is 1. The fraction of sp³-hybridized carbons (Fsp3) is 0.478. The smallest absolute Gasteiger partial charge is 0.161 e. The van der Waals surface area contributed by atoms with Crippen molar-refractivity contribution in [2.24, 2.45) is 0 Å². The van der Waals surface area contributed by atoms with Crippen molar-refractivity contribution >= 4 is 12.4 Å². The number of aliphatic hydroxyl groups is 1. The zero-order valence-electron chi connectivity index (χ0n) is 16.6. The summed E-state index contributed by atoms with van der Waals surface area (Å²) in [6.45, 7) is 2.86. The van der Waals surface area contributed by atoms with Crippen LogP contribution in [0.1, 0.15) is 31.2 Å². The van der Waals surface area contributed by atoms with Gasteiger partial charge in [0.15, 0.2) is 11.5 Å². The molecule has 0 saturated heterocycles. The maximum absolute atomic E-state index is 10.3. The molecule has 2 aliphatic rings. The Labute approximate surface area is 178 Å². The molecule has 1 aliphatic carbocycles. The van der Waals surface area contributed by atoms with Crippen LogP contribution in [0.25, 0.3) is 0 Å². The van der Waals surface area contributed by atoms with E-state index >= 15 is 0 Å². The molecule has 1 atom stereocenters. The molecule has 2 aromatic rings. The molecule has 0 aromatic heterocycles. The van der Waals surface area contributed by atoms with Crippen molar-refractivity contribution in [3.63, 3.8) is 0 Å². The minimum atomic E-state index is -0.543. The van der Waals surface area contributed by atoms with Gasteiger partial charge in [-0.15, -0.1) is 12.4 Å². The van der Waals surface area contributed by atoms with E-state index in [0.29, 0.717) is 19.8 Å². The first-order valence-electron chi connectivity index (χ1n) is 10.2. The number of rotatable bonds is 8. The van der Waals surface area contributed by atoms with Crippen molar-refractivity contribution in [3.8, 4) is 17.2 Å². The highest BCUT2D eigenvalue weighted by atomic mass is 35.5. The fourth-order valence-corrected chi connectivity index (χ4v) is 4.24. The van der Waals surface area contributed by atoms with Crippen molar-refractivity contribution in [1.82, 2.24) is 5.32 Å². The number of fused-ring (bicyclic) bond motifs is 1. The summed E-state index contributed by atoms with van der Waals surface area (Å²) in [5, 5.41) is 13.8. The number of para-hydroxylation sites is 1. The Kier molecular flexibility index (Phi) is 7.64. The molecule has 158 valence electrons. The molecule has 4 rings (SSSR count). The van der Waals surface area contributed by atoms with Gasteiger partial charge in [-0.2, -0.15) is 0 Å². The van der Waals surface area contributed by atoms with E-state index in [-0.39, 0.29) is 24.4 Å². The fourth-order valence-electron chi connectivity index (χ4n) is 4.24. The highest BCUT2D eigenvalue weighted by Crippen LogP contribution is 2.43. The van der Waals surface area contributed by atoms with Crippen LogP contribution in [0.15, 0.2) is 48.5 Å². The van der Waals surface area contributed by atoms with Crippen molar-refractivity contribution in [1.29, 1.82) is 0 Å². The monoisotopic (exact) mass is 419 g/mol. The molecule has 1 unspecified atom stereocenters. The van der Waals surface area contributed by atoms with E-state index in [2.05, 4.69) is 17.4 Å². The molecule has 5 nitrogen and oxygen atoms in total. The Bertz CT molecular complexity index is 765. The molecule has 2 aromatic carbocycles. The molecule has 1 heterocycles. The second kappa shape index (κ2) is 10.2. The van der Waals surface area contributed by atoms with Crippen LogP contribution in [0.5, 0.6) is 17.2 Å². The first-order chi connectivity index (χ1) is 13.8. The van der Waals surface area contributed by atoms with Crippen LogP contribution in [-0.4, -0.2) is 44.1 Å². The van der Waals surface area contributed by atoms with Crippen LogP contribution in [-0.2, 0) is 5.41 Å². The summed E-state index contributed by atoms with van der Waals surface area (Å²) in [4.78, 5) is 0. The van der Waals surface area contributed by atoms with Crippen molar-refractivity contribution in [2.75, 3.05) is 32.9 Å². The Morgan fingerprint density at radius 2 is 1.72 bits per heavy atom. The van der Waals surface area contributed by atoms with E-state index in [4.69, 9.17) is 14.2 Å². The maximum atomic E-state index is 10.3. The lowest BCUT2D eigenvalue weighted by Crippen LogP contribution is -2.40. The minimum Gasteiger partial charge on any atom is -0.491 e. The van der Waals surface area contributed by atoms with E-state index in [0.717, 1.165) is 36.6 Å². The van der Waals surface area contributed by atoms with Crippen LogP contribution in [0.2, 0.25) is 0 Å². The van der Waals surface area contributed by atoms with E-state index in [9.17, 15) is 5.11 Å². The zero-order valence-corrected chi connectivity index (χ0v) is 17.5. The Morgan fingerprint density at radius 3 is 2.48 bits per heavy atom. The molecule has 2 N–H and O–H groups in total. The Balaban J connectivity index is 0.00000240. The number of hydrogen-bond acceptors (Lipinski definition) is 5. The first-order valence-corrected chi connectivity index (χ1v) is 10.2. The number of aliphatic hydroxyl groups excluding tert-OH is 1. The SMILES string of the molecule is Cl.OC(CNCC1(c2ccc3c(c2)OCCO3)CCCC1)COc1ccccc1. The van der Waals surface area contributed by atoms with Crippen LogP contribution < -0.4 is 19.5 Å². The Hall–Kier alpha value is -1.95. The number of ether oxygens (including phenoxy) is 3. The van der Waals surface area contributed by atoms with Gasteiger partial charge in [0.1, 0.15) is 31.7 Å². The van der Waals surface area contributed by atoms with E-state index in [1.165, 1.54) is 18.4 Å². The van der Waals surface area contributed by atoms with Crippen molar-refractivity contribution < 1.29 is 19.3 Å². The number of hydrogen-bond donors (Lipinski definition) is 2. The van der Waals surface area contributed by atoms with Gasteiger partial charge in [0.25, 0.3) is 0 Å². The molecular weight excluding hydrogens is 390 g/mol. The second-order valence-corrected chi connectivity index (χ2v) is 7.75. The van der Waals surface area contributed by atoms with Crippen LogP contribution >= 0.6 is 12.4 Å². The quantitative estimate of drug-likeness (QED) is 0.682. The van der Waals surface area contributed by atoms with Gasteiger partial charge in [-0.3, -0.25) is 0 Å². The average molecular weight is 420 g/mol. The summed E-state index contributed by atoms with van der Waals surface area (Å²) >= 11 is 0. The second-order valence-electron chi connectivity index (χ2n) is 7.75. The molecule has 1 saturated carbocycles. The van der Waals surface area contributed by atoms with Gasteiger partial charge in [0.2, 0.25) is 0 Å².